The highest BCUT2D eigenvalue weighted by atomic mass is 32.2. The molecule has 0 aliphatic carbocycles. The van der Waals surface area contributed by atoms with Crippen molar-refractivity contribution in [2.24, 2.45) is 0 Å². The van der Waals surface area contributed by atoms with Crippen LogP contribution in [0.5, 0.6) is 5.75 Å². The van der Waals surface area contributed by atoms with E-state index in [-0.39, 0.29) is 11.4 Å². The summed E-state index contributed by atoms with van der Waals surface area (Å²) in [5.41, 5.74) is 4.05. The SMILES string of the molecule is Cc1ccccc1NC(=O)N1CCSC1c1ccccc1OCc1ccccc1. The van der Waals surface area contributed by atoms with Gasteiger partial charge in [-0.25, -0.2) is 4.79 Å². The van der Waals surface area contributed by atoms with Crippen LogP contribution < -0.4 is 10.1 Å². The third-order valence-electron chi connectivity index (χ3n) is 4.96. The van der Waals surface area contributed by atoms with Gasteiger partial charge in [-0.1, -0.05) is 66.7 Å². The first-order valence-electron chi connectivity index (χ1n) is 9.73. The van der Waals surface area contributed by atoms with Crippen LogP contribution in [0.25, 0.3) is 0 Å². The Kier molecular flexibility index (Phi) is 6.06. The molecule has 0 aromatic heterocycles. The molecule has 1 atom stereocenters. The van der Waals surface area contributed by atoms with E-state index in [4.69, 9.17) is 4.74 Å². The monoisotopic (exact) mass is 404 g/mol. The number of nitrogens with zero attached hydrogens (tertiary/aromatic N) is 1. The summed E-state index contributed by atoms with van der Waals surface area (Å²) in [6.07, 6.45) is 0. The van der Waals surface area contributed by atoms with E-state index in [1.165, 1.54) is 0 Å². The molecule has 29 heavy (non-hydrogen) atoms. The summed E-state index contributed by atoms with van der Waals surface area (Å²) in [5.74, 6) is 1.73. The molecule has 0 saturated carbocycles. The first-order valence-corrected chi connectivity index (χ1v) is 10.8. The van der Waals surface area contributed by atoms with Crippen LogP contribution in [-0.4, -0.2) is 23.2 Å². The first-order chi connectivity index (χ1) is 14.2. The number of benzene rings is 3. The van der Waals surface area contributed by atoms with Crippen molar-refractivity contribution in [1.82, 2.24) is 4.90 Å². The fourth-order valence-electron chi connectivity index (χ4n) is 3.39. The second kappa shape index (κ2) is 9.05. The van der Waals surface area contributed by atoms with Crippen molar-refractivity contribution < 1.29 is 9.53 Å². The van der Waals surface area contributed by atoms with Gasteiger partial charge in [0.25, 0.3) is 0 Å². The molecule has 5 heteroatoms. The average Bonchev–Trinajstić information content (AvgIpc) is 3.25. The van der Waals surface area contributed by atoms with Gasteiger partial charge >= 0.3 is 6.03 Å². The molecule has 1 aliphatic rings. The van der Waals surface area contributed by atoms with Crippen LogP contribution in [0, 0.1) is 6.92 Å². The Hall–Kier alpha value is -2.92. The number of hydrogen-bond acceptors (Lipinski definition) is 3. The molecule has 2 amide bonds. The predicted molar refractivity (Wildman–Crippen MR) is 119 cm³/mol. The van der Waals surface area contributed by atoms with Crippen molar-refractivity contribution in [3.8, 4) is 5.75 Å². The highest BCUT2D eigenvalue weighted by Gasteiger charge is 2.32. The number of urea groups is 1. The third-order valence-corrected chi connectivity index (χ3v) is 6.20. The summed E-state index contributed by atoms with van der Waals surface area (Å²) >= 11 is 1.77. The molecule has 1 saturated heterocycles. The van der Waals surface area contributed by atoms with Crippen molar-refractivity contribution in [2.45, 2.75) is 18.9 Å². The molecule has 1 fully saturated rings. The highest BCUT2D eigenvalue weighted by Crippen LogP contribution is 2.42. The number of thioether (sulfide) groups is 1. The fraction of sp³-hybridized carbons (Fsp3) is 0.208. The number of hydrogen-bond donors (Lipinski definition) is 1. The molecule has 0 spiro atoms. The van der Waals surface area contributed by atoms with E-state index in [0.717, 1.165) is 33.9 Å². The lowest BCUT2D eigenvalue weighted by Gasteiger charge is -2.26. The van der Waals surface area contributed by atoms with Crippen molar-refractivity contribution in [1.29, 1.82) is 0 Å². The Labute approximate surface area is 175 Å². The summed E-state index contributed by atoms with van der Waals surface area (Å²) in [7, 11) is 0. The van der Waals surface area contributed by atoms with Gasteiger partial charge in [0, 0.05) is 23.5 Å². The van der Waals surface area contributed by atoms with E-state index in [9.17, 15) is 4.79 Å². The minimum atomic E-state index is -0.0767. The zero-order valence-electron chi connectivity index (χ0n) is 16.4. The highest BCUT2D eigenvalue weighted by molar-refractivity contribution is 7.99. The van der Waals surface area contributed by atoms with E-state index >= 15 is 0 Å². The molecule has 1 N–H and O–H groups in total. The first kappa shape index (κ1) is 19.4. The summed E-state index contributed by atoms with van der Waals surface area (Å²) in [6, 6.07) is 25.9. The Morgan fingerprint density at radius 2 is 1.76 bits per heavy atom. The number of carbonyl (C=O) groups excluding carboxylic acids is 1. The topological polar surface area (TPSA) is 41.6 Å². The maximum atomic E-state index is 13.0. The minimum Gasteiger partial charge on any atom is -0.489 e. The Morgan fingerprint density at radius 3 is 2.59 bits per heavy atom. The number of ether oxygens (including phenoxy) is 1. The summed E-state index contributed by atoms with van der Waals surface area (Å²) in [5, 5.41) is 3.00. The van der Waals surface area contributed by atoms with Gasteiger partial charge in [0.15, 0.2) is 0 Å². The molecule has 0 radical (unpaired) electrons. The Bertz CT molecular complexity index is 977. The van der Waals surface area contributed by atoms with Crippen LogP contribution in [0.15, 0.2) is 78.9 Å². The largest absolute Gasteiger partial charge is 0.489 e. The number of carbonyl (C=O) groups is 1. The van der Waals surface area contributed by atoms with Gasteiger partial charge in [-0.15, -0.1) is 11.8 Å². The second-order valence-electron chi connectivity index (χ2n) is 6.97. The fourth-order valence-corrected chi connectivity index (χ4v) is 4.67. The molecule has 4 nitrogen and oxygen atoms in total. The maximum Gasteiger partial charge on any atom is 0.323 e. The molecule has 1 aliphatic heterocycles. The Morgan fingerprint density at radius 1 is 1.03 bits per heavy atom. The van der Waals surface area contributed by atoms with Crippen LogP contribution in [0.4, 0.5) is 10.5 Å². The van der Waals surface area contributed by atoms with Crippen LogP contribution in [-0.2, 0) is 6.61 Å². The van der Waals surface area contributed by atoms with Gasteiger partial charge < -0.3 is 15.0 Å². The predicted octanol–water partition coefficient (Wildman–Crippen LogP) is 5.85. The number of amides is 2. The second-order valence-corrected chi connectivity index (χ2v) is 8.16. The van der Waals surface area contributed by atoms with E-state index in [2.05, 4.69) is 23.5 Å². The number of anilines is 1. The van der Waals surface area contributed by atoms with Crippen LogP contribution in [0.2, 0.25) is 0 Å². The lowest BCUT2D eigenvalue weighted by atomic mass is 10.1. The molecule has 1 unspecified atom stereocenters. The zero-order chi connectivity index (χ0) is 20.1. The van der Waals surface area contributed by atoms with E-state index in [1.807, 2.05) is 72.5 Å². The standard InChI is InChI=1S/C24H24N2O2S/c1-18-9-5-7-13-21(18)25-24(27)26-15-16-29-23(26)20-12-6-8-14-22(20)28-17-19-10-3-2-4-11-19/h2-14,23H,15-17H2,1H3,(H,25,27). The summed E-state index contributed by atoms with van der Waals surface area (Å²) < 4.78 is 6.13. The lowest BCUT2D eigenvalue weighted by molar-refractivity contribution is 0.213. The van der Waals surface area contributed by atoms with Crippen molar-refractivity contribution in [3.05, 3.63) is 95.6 Å². The summed E-state index contributed by atoms with van der Waals surface area (Å²) in [4.78, 5) is 14.9. The number of para-hydroxylation sites is 2. The molecular formula is C24H24N2O2S. The number of rotatable bonds is 5. The van der Waals surface area contributed by atoms with Gasteiger partial charge in [-0.2, -0.15) is 0 Å². The van der Waals surface area contributed by atoms with Crippen molar-refractivity contribution >= 4 is 23.5 Å². The normalized spacial score (nSPS) is 15.9. The van der Waals surface area contributed by atoms with Crippen LogP contribution in [0.3, 0.4) is 0 Å². The molecule has 148 valence electrons. The zero-order valence-corrected chi connectivity index (χ0v) is 17.2. The van der Waals surface area contributed by atoms with Gasteiger partial charge in [0.1, 0.15) is 17.7 Å². The minimum absolute atomic E-state index is 0.0639. The lowest BCUT2D eigenvalue weighted by Crippen LogP contribution is -2.34. The van der Waals surface area contributed by atoms with Gasteiger partial charge in [-0.05, 0) is 30.2 Å². The Balaban J connectivity index is 1.51. The van der Waals surface area contributed by atoms with E-state index in [1.54, 1.807) is 11.8 Å². The van der Waals surface area contributed by atoms with Gasteiger partial charge in [-0.3, -0.25) is 0 Å². The van der Waals surface area contributed by atoms with Gasteiger partial charge in [0.2, 0.25) is 0 Å². The van der Waals surface area contributed by atoms with Crippen molar-refractivity contribution in [3.63, 3.8) is 0 Å². The number of nitrogens with one attached hydrogen (secondary N) is 1. The van der Waals surface area contributed by atoms with Crippen molar-refractivity contribution in [2.75, 3.05) is 17.6 Å². The molecule has 1 heterocycles. The van der Waals surface area contributed by atoms with Crippen LogP contribution in [0.1, 0.15) is 22.1 Å². The third kappa shape index (κ3) is 4.57. The van der Waals surface area contributed by atoms with E-state index < -0.39 is 0 Å². The molecule has 4 rings (SSSR count). The molecule has 3 aromatic rings. The smallest absolute Gasteiger partial charge is 0.323 e. The summed E-state index contributed by atoms with van der Waals surface area (Å²) in [6.45, 7) is 3.21. The average molecular weight is 405 g/mol. The molecule has 0 bridgehead atoms. The molecular weight excluding hydrogens is 380 g/mol. The maximum absolute atomic E-state index is 13.0. The number of aryl methyl sites for hydroxylation is 1. The van der Waals surface area contributed by atoms with E-state index in [0.29, 0.717) is 13.2 Å². The quantitative estimate of drug-likeness (QED) is 0.580. The van der Waals surface area contributed by atoms with Gasteiger partial charge in [0.05, 0.1) is 0 Å². The molecule has 3 aromatic carbocycles. The van der Waals surface area contributed by atoms with Crippen LogP contribution >= 0.6 is 11.8 Å².